The van der Waals surface area contributed by atoms with Crippen LogP contribution in [0.1, 0.15) is 15.9 Å². The zero-order valence-corrected chi connectivity index (χ0v) is 9.84. The van der Waals surface area contributed by atoms with Crippen molar-refractivity contribution in [3.05, 3.63) is 59.2 Å². The Labute approximate surface area is 110 Å². The lowest BCUT2D eigenvalue weighted by Crippen LogP contribution is -2.10. The summed E-state index contributed by atoms with van der Waals surface area (Å²) in [6.07, 6.45) is -4.53. The van der Waals surface area contributed by atoms with E-state index in [1.807, 2.05) is 0 Å². The highest BCUT2D eigenvalue weighted by molar-refractivity contribution is 5.79. The van der Waals surface area contributed by atoms with Gasteiger partial charge in [0.1, 0.15) is 17.9 Å². The van der Waals surface area contributed by atoms with Gasteiger partial charge in [-0.05, 0) is 23.8 Å². The van der Waals surface area contributed by atoms with E-state index in [0.717, 1.165) is 0 Å². The van der Waals surface area contributed by atoms with Crippen LogP contribution in [0.5, 0.6) is 0 Å². The van der Waals surface area contributed by atoms with Crippen LogP contribution < -0.4 is 0 Å². The molecule has 104 valence electrons. The number of rotatable bonds is 2. The van der Waals surface area contributed by atoms with Gasteiger partial charge in [0.25, 0.3) is 0 Å². The summed E-state index contributed by atoms with van der Waals surface area (Å²) in [5, 5.41) is 0. The van der Waals surface area contributed by atoms with Gasteiger partial charge in [-0.1, -0.05) is 18.2 Å². The Hall–Kier alpha value is -2.24. The van der Waals surface area contributed by atoms with Gasteiger partial charge in [0.05, 0.1) is 5.56 Å². The molecular weight excluding hydrogens is 279 g/mol. The monoisotopic (exact) mass is 286 g/mol. The molecule has 0 atom stereocenters. The summed E-state index contributed by atoms with van der Waals surface area (Å²) < 4.78 is 65.0. The third-order valence-electron chi connectivity index (χ3n) is 2.68. The first-order valence-corrected chi connectivity index (χ1v) is 5.45. The van der Waals surface area contributed by atoms with E-state index >= 15 is 0 Å². The molecule has 20 heavy (non-hydrogen) atoms. The molecule has 2 aromatic rings. The van der Waals surface area contributed by atoms with Crippen molar-refractivity contribution in [2.75, 3.05) is 0 Å². The average Bonchev–Trinajstić information content (AvgIpc) is 2.40. The summed E-state index contributed by atoms with van der Waals surface area (Å²) in [6.45, 7) is 0. The summed E-state index contributed by atoms with van der Waals surface area (Å²) in [5.74, 6) is -2.77. The summed E-state index contributed by atoms with van der Waals surface area (Å²) in [6, 6.07) is 6.02. The topological polar surface area (TPSA) is 17.1 Å². The van der Waals surface area contributed by atoms with Crippen molar-refractivity contribution < 1.29 is 26.7 Å². The van der Waals surface area contributed by atoms with E-state index in [2.05, 4.69) is 0 Å². The summed E-state index contributed by atoms with van der Waals surface area (Å²) in [7, 11) is 0. The maximum Gasteiger partial charge on any atom is 0.419 e. The summed E-state index contributed by atoms with van der Waals surface area (Å²) >= 11 is 0. The molecule has 2 rings (SSSR count). The molecule has 1 nitrogen and oxygen atoms in total. The standard InChI is InChI=1S/C14H7F5O/c15-10-5-11(9-3-1-2-8(4-9)7-20)13(16)12(6-10)14(17,18)19/h1-7H. The molecule has 0 aliphatic rings. The Morgan fingerprint density at radius 1 is 1.00 bits per heavy atom. The highest BCUT2D eigenvalue weighted by Gasteiger charge is 2.36. The van der Waals surface area contributed by atoms with E-state index in [1.54, 1.807) is 0 Å². The van der Waals surface area contributed by atoms with Crippen LogP contribution in [-0.2, 0) is 6.18 Å². The molecule has 0 saturated carbocycles. The van der Waals surface area contributed by atoms with Crippen molar-refractivity contribution in [3.8, 4) is 11.1 Å². The molecule has 0 radical (unpaired) electrons. The molecule has 0 fully saturated rings. The Kier molecular flexibility index (Phi) is 3.57. The predicted molar refractivity (Wildman–Crippen MR) is 62.2 cm³/mol. The second kappa shape index (κ2) is 5.03. The van der Waals surface area contributed by atoms with Crippen LogP contribution >= 0.6 is 0 Å². The Balaban J connectivity index is 2.68. The predicted octanol–water partition coefficient (Wildman–Crippen LogP) is 4.46. The van der Waals surface area contributed by atoms with Crippen molar-refractivity contribution in [2.45, 2.75) is 6.18 Å². The smallest absolute Gasteiger partial charge is 0.298 e. The van der Waals surface area contributed by atoms with Gasteiger partial charge < -0.3 is 0 Å². The largest absolute Gasteiger partial charge is 0.419 e. The van der Waals surface area contributed by atoms with Crippen LogP contribution in [0.2, 0.25) is 0 Å². The van der Waals surface area contributed by atoms with E-state index in [4.69, 9.17) is 0 Å². The van der Waals surface area contributed by atoms with Crippen LogP contribution in [0.15, 0.2) is 36.4 Å². The SMILES string of the molecule is O=Cc1cccc(-c2cc(F)cc(C(F)(F)F)c2F)c1. The number of alkyl halides is 3. The number of hydrogen-bond donors (Lipinski definition) is 0. The highest BCUT2D eigenvalue weighted by atomic mass is 19.4. The quantitative estimate of drug-likeness (QED) is 0.588. The van der Waals surface area contributed by atoms with E-state index in [1.165, 1.54) is 24.3 Å². The van der Waals surface area contributed by atoms with Crippen molar-refractivity contribution in [2.24, 2.45) is 0 Å². The number of benzene rings is 2. The Morgan fingerprint density at radius 3 is 2.30 bits per heavy atom. The van der Waals surface area contributed by atoms with Gasteiger partial charge in [-0.25, -0.2) is 8.78 Å². The van der Waals surface area contributed by atoms with Crippen molar-refractivity contribution in [1.82, 2.24) is 0 Å². The fraction of sp³-hybridized carbons (Fsp3) is 0.0714. The van der Waals surface area contributed by atoms with Gasteiger partial charge in [0.2, 0.25) is 0 Å². The van der Waals surface area contributed by atoms with Crippen molar-refractivity contribution in [1.29, 1.82) is 0 Å². The molecule has 0 heterocycles. The maximum absolute atomic E-state index is 13.9. The lowest BCUT2D eigenvalue weighted by atomic mass is 10.00. The van der Waals surface area contributed by atoms with E-state index < -0.39 is 28.9 Å². The number of aldehydes is 1. The highest BCUT2D eigenvalue weighted by Crippen LogP contribution is 2.36. The third kappa shape index (κ3) is 2.68. The van der Waals surface area contributed by atoms with Crippen LogP contribution in [0.25, 0.3) is 11.1 Å². The molecule has 0 aliphatic carbocycles. The number of hydrogen-bond acceptors (Lipinski definition) is 1. The molecule has 0 amide bonds. The van der Waals surface area contributed by atoms with E-state index in [-0.39, 0.29) is 17.2 Å². The minimum Gasteiger partial charge on any atom is -0.298 e. The number of carbonyl (C=O) groups excluding carboxylic acids is 1. The molecule has 2 aromatic carbocycles. The van der Waals surface area contributed by atoms with Crippen molar-refractivity contribution in [3.63, 3.8) is 0 Å². The first-order valence-electron chi connectivity index (χ1n) is 5.45. The molecule has 0 bridgehead atoms. The maximum atomic E-state index is 13.9. The van der Waals surface area contributed by atoms with Crippen LogP contribution in [0.4, 0.5) is 22.0 Å². The van der Waals surface area contributed by atoms with Gasteiger partial charge >= 0.3 is 6.18 Å². The van der Waals surface area contributed by atoms with Crippen molar-refractivity contribution >= 4 is 6.29 Å². The second-order valence-electron chi connectivity index (χ2n) is 4.06. The van der Waals surface area contributed by atoms with Crippen LogP contribution in [0.3, 0.4) is 0 Å². The van der Waals surface area contributed by atoms with Gasteiger partial charge in [0, 0.05) is 11.1 Å². The third-order valence-corrected chi connectivity index (χ3v) is 2.68. The normalized spacial score (nSPS) is 11.4. The molecule has 0 aromatic heterocycles. The fourth-order valence-corrected chi connectivity index (χ4v) is 1.79. The molecule has 0 saturated heterocycles. The summed E-state index contributed by atoms with van der Waals surface area (Å²) in [4.78, 5) is 10.6. The van der Waals surface area contributed by atoms with Crippen LogP contribution in [0, 0.1) is 11.6 Å². The molecular formula is C14H7F5O. The molecule has 0 N–H and O–H groups in total. The first-order chi connectivity index (χ1) is 9.32. The zero-order valence-electron chi connectivity index (χ0n) is 9.84. The Morgan fingerprint density at radius 2 is 1.70 bits per heavy atom. The molecule has 0 spiro atoms. The minimum absolute atomic E-state index is 0.00269. The number of halogens is 5. The van der Waals surface area contributed by atoms with Crippen LogP contribution in [-0.4, -0.2) is 6.29 Å². The van der Waals surface area contributed by atoms with Gasteiger partial charge in [-0.2, -0.15) is 13.2 Å². The number of carbonyl (C=O) groups is 1. The fourth-order valence-electron chi connectivity index (χ4n) is 1.79. The van der Waals surface area contributed by atoms with E-state index in [0.29, 0.717) is 12.4 Å². The van der Waals surface area contributed by atoms with E-state index in [9.17, 15) is 26.7 Å². The molecule has 0 aliphatic heterocycles. The van der Waals surface area contributed by atoms with Gasteiger partial charge in [0.15, 0.2) is 0 Å². The zero-order chi connectivity index (χ0) is 14.9. The van der Waals surface area contributed by atoms with Gasteiger partial charge in [-0.3, -0.25) is 4.79 Å². The Bertz CT molecular complexity index is 661. The average molecular weight is 286 g/mol. The molecule has 6 heteroatoms. The first kappa shape index (κ1) is 14.2. The lowest BCUT2D eigenvalue weighted by molar-refractivity contribution is -0.140. The van der Waals surface area contributed by atoms with Gasteiger partial charge in [-0.15, -0.1) is 0 Å². The lowest BCUT2D eigenvalue weighted by Gasteiger charge is -2.12. The molecule has 0 unspecified atom stereocenters. The summed E-state index contributed by atoms with van der Waals surface area (Å²) in [5.41, 5.74) is -2.07. The minimum atomic E-state index is -5.00. The second-order valence-corrected chi connectivity index (χ2v) is 4.06.